The molecule has 0 saturated carbocycles. The molecular weight excluding hydrogens is 238 g/mol. The Morgan fingerprint density at radius 1 is 1.16 bits per heavy atom. The van der Waals surface area contributed by atoms with E-state index < -0.39 is 0 Å². The van der Waals surface area contributed by atoms with Crippen LogP contribution in [-0.2, 0) is 0 Å². The number of nitrogens with zero attached hydrogens (tertiary/aromatic N) is 4. The molecule has 2 aromatic rings. The molecule has 1 heterocycles. The van der Waals surface area contributed by atoms with E-state index in [1.807, 2.05) is 42.5 Å². The fourth-order valence-electron chi connectivity index (χ4n) is 1.46. The summed E-state index contributed by atoms with van der Waals surface area (Å²) in [5.74, 6) is 0.192. The Morgan fingerprint density at radius 2 is 1.89 bits per heavy atom. The first kappa shape index (κ1) is 12.3. The number of nitrogen functional groups attached to an aromatic ring is 1. The standard InChI is InChI=1S/C14H9N5/c15-7-11-6-12(17)13(8-16)19-14(11)18-9-10-4-2-1-3-5-10/h1-6,9H,17H2. The number of aliphatic imine (C=N–C) groups is 1. The molecule has 0 spiro atoms. The molecule has 0 fully saturated rings. The summed E-state index contributed by atoms with van der Waals surface area (Å²) in [5.41, 5.74) is 6.96. The van der Waals surface area contributed by atoms with Crippen molar-refractivity contribution in [3.63, 3.8) is 0 Å². The quantitative estimate of drug-likeness (QED) is 0.822. The molecular formula is C14H9N5. The van der Waals surface area contributed by atoms with Crippen molar-refractivity contribution in [2.75, 3.05) is 5.73 Å². The highest BCUT2D eigenvalue weighted by atomic mass is 14.9. The molecule has 0 amide bonds. The van der Waals surface area contributed by atoms with E-state index in [0.29, 0.717) is 0 Å². The number of rotatable bonds is 2. The van der Waals surface area contributed by atoms with Gasteiger partial charge in [-0.05, 0) is 11.6 Å². The lowest BCUT2D eigenvalue weighted by Gasteiger charge is -2.00. The Kier molecular flexibility index (Phi) is 3.51. The minimum atomic E-state index is 0.0687. The van der Waals surface area contributed by atoms with Gasteiger partial charge in [0.15, 0.2) is 11.5 Å². The number of anilines is 1. The number of hydrogen-bond donors (Lipinski definition) is 1. The van der Waals surface area contributed by atoms with Crippen LogP contribution < -0.4 is 5.73 Å². The Balaban J connectivity index is 2.43. The second-order valence-electron chi connectivity index (χ2n) is 3.69. The lowest BCUT2D eigenvalue weighted by Crippen LogP contribution is -1.96. The third-order valence-corrected chi connectivity index (χ3v) is 2.39. The maximum absolute atomic E-state index is 9.00. The number of nitrogens with two attached hydrogens (primary N) is 1. The van der Waals surface area contributed by atoms with E-state index in [1.165, 1.54) is 6.07 Å². The van der Waals surface area contributed by atoms with Gasteiger partial charge in [-0.25, -0.2) is 9.98 Å². The van der Waals surface area contributed by atoms with Crippen LogP contribution in [0.3, 0.4) is 0 Å². The zero-order chi connectivity index (χ0) is 13.7. The summed E-state index contributed by atoms with van der Waals surface area (Å²) >= 11 is 0. The molecule has 0 aliphatic heterocycles. The Hall–Kier alpha value is -3.18. The molecule has 2 N–H and O–H groups in total. The predicted octanol–water partition coefficient (Wildman–Crippen LogP) is 2.16. The fraction of sp³-hybridized carbons (Fsp3) is 0. The van der Waals surface area contributed by atoms with Crippen LogP contribution in [0.5, 0.6) is 0 Å². The molecule has 0 saturated heterocycles. The van der Waals surface area contributed by atoms with Gasteiger partial charge < -0.3 is 5.73 Å². The molecule has 2 rings (SSSR count). The Bertz CT molecular complexity index is 705. The number of benzene rings is 1. The highest BCUT2D eigenvalue weighted by Crippen LogP contribution is 2.20. The normalized spacial score (nSPS) is 10.0. The predicted molar refractivity (Wildman–Crippen MR) is 71.8 cm³/mol. The van der Waals surface area contributed by atoms with Crippen LogP contribution >= 0.6 is 0 Å². The van der Waals surface area contributed by atoms with Crippen LogP contribution in [0.4, 0.5) is 11.5 Å². The summed E-state index contributed by atoms with van der Waals surface area (Å²) in [7, 11) is 0. The monoisotopic (exact) mass is 247 g/mol. The third-order valence-electron chi connectivity index (χ3n) is 2.39. The van der Waals surface area contributed by atoms with Gasteiger partial charge in [-0.3, -0.25) is 0 Å². The van der Waals surface area contributed by atoms with E-state index in [0.717, 1.165) is 5.56 Å². The summed E-state index contributed by atoms with van der Waals surface area (Å²) in [6, 6.07) is 14.6. The first-order valence-corrected chi connectivity index (χ1v) is 5.44. The smallest absolute Gasteiger partial charge is 0.171 e. The average molecular weight is 247 g/mol. The molecule has 0 aliphatic rings. The fourth-order valence-corrected chi connectivity index (χ4v) is 1.46. The van der Waals surface area contributed by atoms with Crippen LogP contribution in [0.25, 0.3) is 0 Å². The van der Waals surface area contributed by atoms with Gasteiger partial charge >= 0.3 is 0 Å². The molecule has 19 heavy (non-hydrogen) atoms. The molecule has 0 radical (unpaired) electrons. The van der Waals surface area contributed by atoms with Crippen molar-refractivity contribution in [1.29, 1.82) is 10.5 Å². The first-order chi connectivity index (χ1) is 9.24. The summed E-state index contributed by atoms with van der Waals surface area (Å²) < 4.78 is 0. The van der Waals surface area contributed by atoms with E-state index in [9.17, 15) is 0 Å². The largest absolute Gasteiger partial charge is 0.396 e. The average Bonchev–Trinajstić information content (AvgIpc) is 2.46. The van der Waals surface area contributed by atoms with E-state index >= 15 is 0 Å². The van der Waals surface area contributed by atoms with Crippen molar-refractivity contribution >= 4 is 17.7 Å². The van der Waals surface area contributed by atoms with E-state index in [2.05, 4.69) is 9.98 Å². The van der Waals surface area contributed by atoms with Crippen LogP contribution in [0.2, 0.25) is 0 Å². The topological polar surface area (TPSA) is 98.8 Å². The van der Waals surface area contributed by atoms with Gasteiger partial charge in [0.25, 0.3) is 0 Å². The zero-order valence-corrected chi connectivity index (χ0v) is 9.91. The van der Waals surface area contributed by atoms with Gasteiger partial charge in [0, 0.05) is 6.21 Å². The molecule has 1 aromatic carbocycles. The SMILES string of the molecule is N#Cc1cc(N)c(C#N)nc1N=Cc1ccccc1. The molecule has 5 nitrogen and oxygen atoms in total. The summed E-state index contributed by atoms with van der Waals surface area (Å²) in [6.45, 7) is 0. The maximum atomic E-state index is 9.00. The van der Waals surface area contributed by atoms with Gasteiger partial charge in [0.05, 0.1) is 11.3 Å². The van der Waals surface area contributed by atoms with E-state index in [4.69, 9.17) is 16.3 Å². The number of nitriles is 2. The van der Waals surface area contributed by atoms with Gasteiger partial charge in [-0.2, -0.15) is 10.5 Å². The molecule has 1 aromatic heterocycles. The molecule has 0 atom stereocenters. The van der Waals surface area contributed by atoms with Crippen molar-refractivity contribution in [2.24, 2.45) is 4.99 Å². The van der Waals surface area contributed by atoms with Gasteiger partial charge in [-0.15, -0.1) is 0 Å². The number of pyridine rings is 1. The van der Waals surface area contributed by atoms with Crippen molar-refractivity contribution in [3.05, 3.63) is 53.2 Å². The lowest BCUT2D eigenvalue weighted by molar-refractivity contribution is 1.22. The van der Waals surface area contributed by atoms with Crippen LogP contribution in [-0.4, -0.2) is 11.2 Å². The second kappa shape index (κ2) is 5.44. The lowest BCUT2D eigenvalue weighted by atomic mass is 10.2. The molecule has 0 aliphatic carbocycles. The van der Waals surface area contributed by atoms with Gasteiger partial charge in [-0.1, -0.05) is 30.3 Å². The van der Waals surface area contributed by atoms with E-state index in [-0.39, 0.29) is 22.8 Å². The molecule has 0 bridgehead atoms. The van der Waals surface area contributed by atoms with Gasteiger partial charge in [0.1, 0.15) is 12.1 Å². The van der Waals surface area contributed by atoms with Crippen molar-refractivity contribution in [2.45, 2.75) is 0 Å². The minimum absolute atomic E-state index is 0.0687. The second-order valence-corrected chi connectivity index (χ2v) is 3.69. The highest BCUT2D eigenvalue weighted by Gasteiger charge is 2.08. The first-order valence-electron chi connectivity index (χ1n) is 5.44. The summed E-state index contributed by atoms with van der Waals surface area (Å²) in [5, 5.41) is 17.9. The van der Waals surface area contributed by atoms with Crippen LogP contribution in [0.15, 0.2) is 41.4 Å². The summed E-state index contributed by atoms with van der Waals surface area (Å²) in [4.78, 5) is 8.10. The molecule has 5 heteroatoms. The molecule has 0 unspecified atom stereocenters. The highest BCUT2D eigenvalue weighted by molar-refractivity contribution is 5.82. The Labute approximate surface area is 110 Å². The summed E-state index contributed by atoms with van der Waals surface area (Å²) in [6.07, 6.45) is 1.58. The van der Waals surface area contributed by atoms with Crippen molar-refractivity contribution in [1.82, 2.24) is 4.98 Å². The van der Waals surface area contributed by atoms with E-state index in [1.54, 1.807) is 6.21 Å². The maximum Gasteiger partial charge on any atom is 0.171 e. The van der Waals surface area contributed by atoms with Crippen molar-refractivity contribution in [3.8, 4) is 12.1 Å². The third kappa shape index (κ3) is 2.74. The number of aromatic nitrogens is 1. The van der Waals surface area contributed by atoms with Crippen LogP contribution in [0.1, 0.15) is 16.8 Å². The number of hydrogen-bond acceptors (Lipinski definition) is 5. The Morgan fingerprint density at radius 3 is 2.53 bits per heavy atom. The molecule has 90 valence electrons. The zero-order valence-electron chi connectivity index (χ0n) is 9.91. The van der Waals surface area contributed by atoms with Gasteiger partial charge in [0.2, 0.25) is 0 Å². The van der Waals surface area contributed by atoms with Crippen molar-refractivity contribution < 1.29 is 0 Å². The minimum Gasteiger partial charge on any atom is -0.396 e. The van der Waals surface area contributed by atoms with Crippen LogP contribution in [0, 0.1) is 22.7 Å².